The first kappa shape index (κ1) is 11.8. The summed E-state index contributed by atoms with van der Waals surface area (Å²) in [6.45, 7) is 3.79. The van der Waals surface area contributed by atoms with Crippen molar-refractivity contribution in [2.24, 2.45) is 0 Å². The van der Waals surface area contributed by atoms with E-state index in [0.29, 0.717) is 12.2 Å². The van der Waals surface area contributed by atoms with Crippen LogP contribution in [0.15, 0.2) is 36.5 Å². The van der Waals surface area contributed by atoms with E-state index in [2.05, 4.69) is 22.1 Å². The second kappa shape index (κ2) is 4.80. The highest BCUT2D eigenvalue weighted by Crippen LogP contribution is 2.24. The van der Waals surface area contributed by atoms with Crippen LogP contribution in [0.5, 0.6) is 0 Å². The van der Waals surface area contributed by atoms with Gasteiger partial charge in [-0.3, -0.25) is 0 Å². The van der Waals surface area contributed by atoms with E-state index >= 15 is 0 Å². The number of ether oxygens (including phenoxy) is 1. The molecular weight excluding hydrogens is 240 g/mol. The molecule has 0 amide bonds. The number of esters is 1. The fourth-order valence-electron chi connectivity index (χ4n) is 2.37. The standard InChI is InChI=1S/C15H16N2O2/c1-2-19-15(18)11-5-6-14-12(8-11)10-17-7-3-4-13(17)9-16-14/h3-8,16H,2,9-10H2,1H3. The summed E-state index contributed by atoms with van der Waals surface area (Å²) in [5.41, 5.74) is 4.05. The molecule has 0 saturated carbocycles. The molecule has 1 aromatic heterocycles. The van der Waals surface area contributed by atoms with Gasteiger partial charge in [0.25, 0.3) is 0 Å². The quantitative estimate of drug-likeness (QED) is 0.840. The van der Waals surface area contributed by atoms with Crippen LogP contribution < -0.4 is 5.32 Å². The van der Waals surface area contributed by atoms with Gasteiger partial charge in [-0.25, -0.2) is 4.79 Å². The molecule has 0 atom stereocenters. The van der Waals surface area contributed by atoms with E-state index in [0.717, 1.165) is 24.3 Å². The van der Waals surface area contributed by atoms with Gasteiger partial charge in [-0.15, -0.1) is 0 Å². The van der Waals surface area contributed by atoms with Gasteiger partial charge in [0.2, 0.25) is 0 Å². The van der Waals surface area contributed by atoms with Gasteiger partial charge in [-0.1, -0.05) is 0 Å². The fraction of sp³-hybridized carbons (Fsp3) is 0.267. The lowest BCUT2D eigenvalue weighted by Crippen LogP contribution is -2.06. The van der Waals surface area contributed by atoms with Crippen LogP contribution in [-0.2, 0) is 17.8 Å². The number of fused-ring (bicyclic) bond motifs is 2. The molecule has 4 nitrogen and oxygen atoms in total. The van der Waals surface area contributed by atoms with E-state index in [9.17, 15) is 4.79 Å². The van der Waals surface area contributed by atoms with Crippen molar-refractivity contribution >= 4 is 11.7 Å². The van der Waals surface area contributed by atoms with Crippen LogP contribution >= 0.6 is 0 Å². The third kappa shape index (κ3) is 2.21. The summed E-state index contributed by atoms with van der Waals surface area (Å²) in [5, 5.41) is 3.39. The van der Waals surface area contributed by atoms with Crippen LogP contribution in [0.1, 0.15) is 28.5 Å². The van der Waals surface area contributed by atoms with Gasteiger partial charge in [-0.2, -0.15) is 0 Å². The number of carbonyl (C=O) groups excluding carboxylic acids is 1. The lowest BCUT2D eigenvalue weighted by atomic mass is 10.1. The molecule has 0 unspecified atom stereocenters. The molecule has 98 valence electrons. The molecule has 2 heterocycles. The van der Waals surface area contributed by atoms with Crippen LogP contribution in [0.3, 0.4) is 0 Å². The number of carbonyl (C=O) groups is 1. The normalized spacial score (nSPS) is 12.9. The monoisotopic (exact) mass is 256 g/mol. The average Bonchev–Trinajstić information content (AvgIpc) is 2.78. The van der Waals surface area contributed by atoms with Gasteiger partial charge in [0.05, 0.1) is 18.7 Å². The minimum absolute atomic E-state index is 0.262. The van der Waals surface area contributed by atoms with Crippen molar-refractivity contribution in [2.75, 3.05) is 11.9 Å². The van der Waals surface area contributed by atoms with Crippen molar-refractivity contribution in [3.8, 4) is 0 Å². The number of rotatable bonds is 2. The molecule has 19 heavy (non-hydrogen) atoms. The molecule has 0 aliphatic carbocycles. The summed E-state index contributed by atoms with van der Waals surface area (Å²) >= 11 is 0. The van der Waals surface area contributed by atoms with Crippen molar-refractivity contribution in [3.05, 3.63) is 53.3 Å². The van der Waals surface area contributed by atoms with E-state index < -0.39 is 0 Å². The van der Waals surface area contributed by atoms with E-state index in [4.69, 9.17) is 4.74 Å². The topological polar surface area (TPSA) is 43.3 Å². The average molecular weight is 256 g/mol. The highest BCUT2D eigenvalue weighted by molar-refractivity contribution is 5.90. The number of nitrogens with zero attached hydrogens (tertiary/aromatic N) is 1. The second-order valence-corrected chi connectivity index (χ2v) is 4.57. The van der Waals surface area contributed by atoms with E-state index in [1.165, 1.54) is 5.69 Å². The Morgan fingerprint density at radius 1 is 1.42 bits per heavy atom. The molecule has 0 bridgehead atoms. The van der Waals surface area contributed by atoms with Crippen LogP contribution in [0.4, 0.5) is 5.69 Å². The smallest absolute Gasteiger partial charge is 0.338 e. The number of hydrogen-bond donors (Lipinski definition) is 1. The molecule has 1 N–H and O–H groups in total. The van der Waals surface area contributed by atoms with Crippen molar-refractivity contribution < 1.29 is 9.53 Å². The van der Waals surface area contributed by atoms with Gasteiger partial charge in [0.1, 0.15) is 0 Å². The first-order chi connectivity index (χ1) is 9.28. The van der Waals surface area contributed by atoms with Crippen molar-refractivity contribution in [1.82, 2.24) is 4.57 Å². The molecule has 3 rings (SSSR count). The third-order valence-electron chi connectivity index (χ3n) is 3.34. The Kier molecular flexibility index (Phi) is 2.99. The zero-order valence-corrected chi connectivity index (χ0v) is 10.8. The minimum atomic E-state index is -0.262. The molecule has 0 fully saturated rings. The lowest BCUT2D eigenvalue weighted by Gasteiger charge is -2.09. The molecule has 4 heteroatoms. The highest BCUT2D eigenvalue weighted by atomic mass is 16.5. The van der Waals surface area contributed by atoms with Crippen LogP contribution in [-0.4, -0.2) is 17.1 Å². The molecular formula is C15H16N2O2. The maximum absolute atomic E-state index is 11.8. The SMILES string of the molecule is CCOC(=O)c1ccc2c(c1)Cn1cccc1CN2. The largest absolute Gasteiger partial charge is 0.462 e. The summed E-state index contributed by atoms with van der Waals surface area (Å²) in [4.78, 5) is 11.8. The zero-order valence-electron chi connectivity index (χ0n) is 10.8. The van der Waals surface area contributed by atoms with Crippen LogP contribution in [0.25, 0.3) is 0 Å². The maximum Gasteiger partial charge on any atom is 0.338 e. The highest BCUT2D eigenvalue weighted by Gasteiger charge is 2.14. The molecule has 1 aliphatic rings. The number of hydrogen-bond acceptors (Lipinski definition) is 3. The molecule has 2 aromatic rings. The van der Waals surface area contributed by atoms with E-state index in [1.807, 2.05) is 31.2 Å². The Hall–Kier alpha value is -2.23. The third-order valence-corrected chi connectivity index (χ3v) is 3.34. The van der Waals surface area contributed by atoms with Crippen molar-refractivity contribution in [3.63, 3.8) is 0 Å². The fourth-order valence-corrected chi connectivity index (χ4v) is 2.37. The van der Waals surface area contributed by atoms with E-state index in [1.54, 1.807) is 0 Å². The first-order valence-electron chi connectivity index (χ1n) is 6.46. The Bertz CT molecular complexity index is 616. The lowest BCUT2D eigenvalue weighted by molar-refractivity contribution is 0.0526. The minimum Gasteiger partial charge on any atom is -0.462 e. The first-order valence-corrected chi connectivity index (χ1v) is 6.46. The Morgan fingerprint density at radius 3 is 3.16 bits per heavy atom. The van der Waals surface area contributed by atoms with Gasteiger partial charge in [0.15, 0.2) is 0 Å². The molecule has 1 aliphatic heterocycles. The second-order valence-electron chi connectivity index (χ2n) is 4.57. The maximum atomic E-state index is 11.8. The van der Waals surface area contributed by atoms with Crippen molar-refractivity contribution in [1.29, 1.82) is 0 Å². The van der Waals surface area contributed by atoms with Gasteiger partial charge >= 0.3 is 5.97 Å². The van der Waals surface area contributed by atoms with Crippen LogP contribution in [0, 0.1) is 0 Å². The summed E-state index contributed by atoms with van der Waals surface area (Å²) in [6, 6.07) is 9.82. The summed E-state index contributed by atoms with van der Waals surface area (Å²) in [5.74, 6) is -0.262. The summed E-state index contributed by atoms with van der Waals surface area (Å²) in [7, 11) is 0. The summed E-state index contributed by atoms with van der Waals surface area (Å²) in [6.07, 6.45) is 2.06. The number of anilines is 1. The molecule has 0 saturated heterocycles. The Labute approximate surface area is 112 Å². The predicted octanol–water partition coefficient (Wildman–Crippen LogP) is 2.64. The molecule has 0 radical (unpaired) electrons. The molecule has 0 spiro atoms. The van der Waals surface area contributed by atoms with E-state index in [-0.39, 0.29) is 5.97 Å². The Morgan fingerprint density at radius 2 is 2.32 bits per heavy atom. The zero-order chi connectivity index (χ0) is 13.2. The predicted molar refractivity (Wildman–Crippen MR) is 73.3 cm³/mol. The summed E-state index contributed by atoms with van der Waals surface area (Å²) < 4.78 is 7.23. The van der Waals surface area contributed by atoms with Gasteiger partial charge < -0.3 is 14.6 Å². The van der Waals surface area contributed by atoms with Gasteiger partial charge in [-0.05, 0) is 42.8 Å². The molecule has 1 aromatic carbocycles. The number of nitrogens with one attached hydrogen (secondary N) is 1. The van der Waals surface area contributed by atoms with Crippen molar-refractivity contribution in [2.45, 2.75) is 20.0 Å². The van der Waals surface area contributed by atoms with Crippen LogP contribution in [0.2, 0.25) is 0 Å². The number of benzene rings is 1. The Balaban J connectivity index is 1.95. The van der Waals surface area contributed by atoms with Gasteiger partial charge in [0, 0.05) is 24.1 Å². The number of aromatic nitrogens is 1.